The maximum Gasteiger partial charge on any atom is 0.335 e. The molecule has 2 N–H and O–H groups in total. The predicted molar refractivity (Wildman–Crippen MR) is 75.9 cm³/mol. The highest BCUT2D eigenvalue weighted by Crippen LogP contribution is 2.18. The van der Waals surface area contributed by atoms with E-state index in [9.17, 15) is 9.59 Å². The highest BCUT2D eigenvalue weighted by Gasteiger charge is 2.11. The molecule has 1 heterocycles. The largest absolute Gasteiger partial charge is 0.478 e. The molecular weight excluding hydrogens is 280 g/mol. The number of carboxylic acid groups (broad SMARTS) is 1. The van der Waals surface area contributed by atoms with Gasteiger partial charge in [-0.1, -0.05) is 11.6 Å². The van der Waals surface area contributed by atoms with E-state index < -0.39 is 5.97 Å². The second kappa shape index (κ2) is 4.54. The topological polar surface area (TPSA) is 75.1 Å². The van der Waals surface area contributed by atoms with E-state index >= 15 is 0 Å². The van der Waals surface area contributed by atoms with Crippen molar-refractivity contribution in [1.29, 1.82) is 0 Å². The van der Waals surface area contributed by atoms with Crippen molar-refractivity contribution in [3.05, 3.63) is 63.5 Å². The average Bonchev–Trinajstić information content (AvgIpc) is 2.74. The molecule has 20 heavy (non-hydrogen) atoms. The number of hydrogen-bond donors (Lipinski definition) is 2. The molecule has 0 bridgehead atoms. The smallest absolute Gasteiger partial charge is 0.335 e. The van der Waals surface area contributed by atoms with Crippen molar-refractivity contribution in [2.75, 3.05) is 0 Å². The summed E-state index contributed by atoms with van der Waals surface area (Å²) in [7, 11) is 0. The van der Waals surface area contributed by atoms with Gasteiger partial charge in [0, 0.05) is 5.02 Å². The number of nitrogens with one attached hydrogen (secondary N) is 1. The normalized spacial score (nSPS) is 10.8. The zero-order chi connectivity index (χ0) is 14.3. The molecule has 0 atom stereocenters. The fourth-order valence-corrected chi connectivity index (χ4v) is 2.22. The lowest BCUT2D eigenvalue weighted by Gasteiger charge is -2.03. The van der Waals surface area contributed by atoms with Gasteiger partial charge in [-0.15, -0.1) is 0 Å². The van der Waals surface area contributed by atoms with Crippen LogP contribution in [0.3, 0.4) is 0 Å². The van der Waals surface area contributed by atoms with Crippen molar-refractivity contribution >= 4 is 28.6 Å². The number of imidazole rings is 1. The molecule has 3 aromatic rings. The highest BCUT2D eigenvalue weighted by atomic mass is 35.5. The van der Waals surface area contributed by atoms with Gasteiger partial charge in [0.1, 0.15) is 0 Å². The molecule has 0 radical (unpaired) electrons. The zero-order valence-corrected chi connectivity index (χ0v) is 10.9. The van der Waals surface area contributed by atoms with E-state index in [1.165, 1.54) is 16.7 Å². The van der Waals surface area contributed by atoms with Gasteiger partial charge in [0.05, 0.1) is 22.3 Å². The van der Waals surface area contributed by atoms with Gasteiger partial charge in [0.15, 0.2) is 0 Å². The maximum atomic E-state index is 12.0. The van der Waals surface area contributed by atoms with Gasteiger partial charge in [-0.2, -0.15) is 0 Å². The van der Waals surface area contributed by atoms with E-state index in [-0.39, 0.29) is 11.3 Å². The number of carboxylic acids is 1. The summed E-state index contributed by atoms with van der Waals surface area (Å²) in [6.45, 7) is 0. The summed E-state index contributed by atoms with van der Waals surface area (Å²) in [5, 5.41) is 9.53. The summed E-state index contributed by atoms with van der Waals surface area (Å²) in [6.07, 6.45) is 0. The van der Waals surface area contributed by atoms with Crippen molar-refractivity contribution in [3.63, 3.8) is 0 Å². The Hall–Kier alpha value is -2.53. The molecule has 5 nitrogen and oxygen atoms in total. The summed E-state index contributed by atoms with van der Waals surface area (Å²) < 4.78 is 1.47. The third-order valence-corrected chi connectivity index (χ3v) is 3.27. The minimum absolute atomic E-state index is 0.127. The van der Waals surface area contributed by atoms with Crippen LogP contribution >= 0.6 is 11.6 Å². The molecule has 0 unspecified atom stereocenters. The molecule has 0 saturated carbocycles. The van der Waals surface area contributed by atoms with Crippen LogP contribution in [-0.4, -0.2) is 20.6 Å². The summed E-state index contributed by atoms with van der Waals surface area (Å²) in [5.41, 5.74) is 1.55. The number of halogens is 1. The minimum atomic E-state index is -1.04. The Morgan fingerprint density at radius 2 is 1.85 bits per heavy atom. The van der Waals surface area contributed by atoms with E-state index in [1.807, 2.05) is 0 Å². The molecule has 0 spiro atoms. The molecule has 0 aliphatic carbocycles. The number of aromatic nitrogens is 2. The van der Waals surface area contributed by atoms with Gasteiger partial charge in [-0.3, -0.25) is 4.57 Å². The molecule has 0 aliphatic heterocycles. The van der Waals surface area contributed by atoms with Crippen molar-refractivity contribution in [1.82, 2.24) is 9.55 Å². The Morgan fingerprint density at radius 1 is 1.15 bits per heavy atom. The van der Waals surface area contributed by atoms with Crippen LogP contribution in [0.5, 0.6) is 0 Å². The molecular formula is C14H9ClN2O3. The molecule has 3 rings (SSSR count). The molecule has 2 aromatic carbocycles. The van der Waals surface area contributed by atoms with E-state index in [1.54, 1.807) is 30.3 Å². The van der Waals surface area contributed by atoms with E-state index in [0.29, 0.717) is 21.7 Å². The lowest BCUT2D eigenvalue weighted by molar-refractivity contribution is 0.0697. The Morgan fingerprint density at radius 3 is 2.50 bits per heavy atom. The van der Waals surface area contributed by atoms with Crippen LogP contribution in [-0.2, 0) is 0 Å². The zero-order valence-electron chi connectivity index (χ0n) is 10.1. The van der Waals surface area contributed by atoms with Gasteiger partial charge < -0.3 is 10.1 Å². The first kappa shape index (κ1) is 12.5. The maximum absolute atomic E-state index is 12.0. The molecule has 1 aromatic heterocycles. The Kier molecular flexibility index (Phi) is 2.84. The molecule has 0 saturated heterocycles. The van der Waals surface area contributed by atoms with Crippen LogP contribution in [0.4, 0.5) is 0 Å². The number of carbonyl (C=O) groups is 1. The first-order chi connectivity index (χ1) is 9.56. The summed E-state index contributed by atoms with van der Waals surface area (Å²) in [5.74, 6) is -1.04. The quantitative estimate of drug-likeness (QED) is 0.761. The third kappa shape index (κ3) is 1.98. The second-order valence-corrected chi connectivity index (χ2v) is 4.72. The van der Waals surface area contributed by atoms with E-state index in [2.05, 4.69) is 4.98 Å². The number of rotatable bonds is 2. The molecule has 0 amide bonds. The number of fused-ring (bicyclic) bond motifs is 1. The van der Waals surface area contributed by atoms with Gasteiger partial charge >= 0.3 is 11.7 Å². The van der Waals surface area contributed by atoms with E-state index in [4.69, 9.17) is 16.7 Å². The fraction of sp³-hybridized carbons (Fsp3) is 0. The second-order valence-electron chi connectivity index (χ2n) is 4.28. The predicted octanol–water partition coefficient (Wildman–Crippen LogP) is 2.67. The third-order valence-electron chi connectivity index (χ3n) is 3.01. The van der Waals surface area contributed by atoms with Gasteiger partial charge in [0.2, 0.25) is 0 Å². The van der Waals surface area contributed by atoms with Crippen molar-refractivity contribution in [2.24, 2.45) is 0 Å². The van der Waals surface area contributed by atoms with Crippen LogP contribution in [0.2, 0.25) is 5.02 Å². The summed E-state index contributed by atoms with van der Waals surface area (Å²) in [6, 6.07) is 11.3. The van der Waals surface area contributed by atoms with Crippen LogP contribution in [0.1, 0.15) is 10.4 Å². The SMILES string of the molecule is O=C(O)c1ccc2c(c1)[nH]c(=O)n2-c1ccc(Cl)cc1. The number of aromatic carboxylic acids is 1. The lowest BCUT2D eigenvalue weighted by Crippen LogP contribution is -2.14. The summed E-state index contributed by atoms with van der Waals surface area (Å²) >= 11 is 5.83. The standard InChI is InChI=1S/C14H9ClN2O3/c15-9-2-4-10(5-3-9)17-12-6-1-8(13(18)19)7-11(12)16-14(17)20/h1-7H,(H,16,20)(H,18,19). The number of hydrogen-bond acceptors (Lipinski definition) is 2. The number of aromatic amines is 1. The van der Waals surface area contributed by atoms with Crippen LogP contribution in [0, 0.1) is 0 Å². The van der Waals surface area contributed by atoms with Gasteiger partial charge in [-0.25, -0.2) is 9.59 Å². The first-order valence-corrected chi connectivity index (χ1v) is 6.18. The Balaban J connectivity index is 2.26. The average molecular weight is 289 g/mol. The van der Waals surface area contributed by atoms with E-state index in [0.717, 1.165) is 0 Å². The fourth-order valence-electron chi connectivity index (χ4n) is 2.09. The number of benzene rings is 2. The molecule has 100 valence electrons. The minimum Gasteiger partial charge on any atom is -0.478 e. The molecule has 6 heteroatoms. The lowest BCUT2D eigenvalue weighted by atomic mass is 10.2. The van der Waals surface area contributed by atoms with Gasteiger partial charge in [-0.05, 0) is 42.5 Å². The van der Waals surface area contributed by atoms with Crippen LogP contribution in [0.25, 0.3) is 16.7 Å². The van der Waals surface area contributed by atoms with Crippen molar-refractivity contribution < 1.29 is 9.90 Å². The van der Waals surface area contributed by atoms with Gasteiger partial charge in [0.25, 0.3) is 0 Å². The van der Waals surface area contributed by atoms with Crippen LogP contribution in [0.15, 0.2) is 47.3 Å². The Labute approximate surface area is 118 Å². The molecule has 0 aliphatic rings. The number of H-pyrrole nitrogens is 1. The first-order valence-electron chi connectivity index (χ1n) is 5.80. The highest BCUT2D eigenvalue weighted by molar-refractivity contribution is 6.30. The number of nitrogens with zero attached hydrogens (tertiary/aromatic N) is 1. The Bertz CT molecular complexity index is 862. The summed E-state index contributed by atoms with van der Waals surface area (Å²) in [4.78, 5) is 25.6. The molecule has 0 fully saturated rings. The van der Waals surface area contributed by atoms with Crippen molar-refractivity contribution in [3.8, 4) is 5.69 Å². The van der Waals surface area contributed by atoms with Crippen molar-refractivity contribution in [2.45, 2.75) is 0 Å². The van der Waals surface area contributed by atoms with Crippen LogP contribution < -0.4 is 5.69 Å². The monoisotopic (exact) mass is 288 g/mol.